The van der Waals surface area contributed by atoms with Gasteiger partial charge in [0.05, 0.1) is 29.0 Å². The Morgan fingerprint density at radius 2 is 2.11 bits per heavy atom. The standard InChI is InChI=1S/C14H11BrClN3/c1-9-13(16)4-10(6-17-9)8-19-14-3-2-12(15)5-11(14)7-18-19/h2-7H,8H2,1H3. The van der Waals surface area contributed by atoms with Gasteiger partial charge in [0.2, 0.25) is 0 Å². The zero-order chi connectivity index (χ0) is 13.4. The molecule has 3 rings (SSSR count). The van der Waals surface area contributed by atoms with E-state index < -0.39 is 0 Å². The Hall–Kier alpha value is -1.39. The Morgan fingerprint density at radius 3 is 2.89 bits per heavy atom. The molecule has 0 spiro atoms. The molecular weight excluding hydrogens is 326 g/mol. The third-order valence-electron chi connectivity index (χ3n) is 3.02. The number of benzene rings is 1. The first kappa shape index (κ1) is 12.6. The molecule has 0 unspecified atom stereocenters. The summed E-state index contributed by atoms with van der Waals surface area (Å²) in [6.45, 7) is 2.56. The van der Waals surface area contributed by atoms with Gasteiger partial charge in [-0.1, -0.05) is 27.5 Å². The van der Waals surface area contributed by atoms with E-state index in [0.717, 1.165) is 26.6 Å². The summed E-state index contributed by atoms with van der Waals surface area (Å²) in [6.07, 6.45) is 3.71. The molecule has 0 fully saturated rings. The van der Waals surface area contributed by atoms with Gasteiger partial charge in [-0.05, 0) is 36.8 Å². The molecule has 0 radical (unpaired) electrons. The number of aromatic nitrogens is 3. The van der Waals surface area contributed by atoms with Gasteiger partial charge < -0.3 is 0 Å². The lowest BCUT2D eigenvalue weighted by Gasteiger charge is -2.05. The molecule has 96 valence electrons. The molecule has 3 aromatic rings. The molecule has 0 aliphatic heterocycles. The van der Waals surface area contributed by atoms with E-state index in [0.29, 0.717) is 11.6 Å². The van der Waals surface area contributed by atoms with E-state index in [-0.39, 0.29) is 0 Å². The summed E-state index contributed by atoms with van der Waals surface area (Å²) >= 11 is 9.56. The Morgan fingerprint density at radius 1 is 1.26 bits per heavy atom. The minimum Gasteiger partial charge on any atom is -0.260 e. The predicted octanol–water partition coefficient (Wildman–Crippen LogP) is 4.20. The maximum atomic E-state index is 6.09. The number of hydrogen-bond acceptors (Lipinski definition) is 2. The molecule has 1 aromatic carbocycles. The summed E-state index contributed by atoms with van der Waals surface area (Å²) in [5.74, 6) is 0. The lowest BCUT2D eigenvalue weighted by molar-refractivity contribution is 0.709. The van der Waals surface area contributed by atoms with Crippen LogP contribution in [0.25, 0.3) is 10.9 Å². The quantitative estimate of drug-likeness (QED) is 0.702. The minimum absolute atomic E-state index is 0.665. The molecule has 2 heterocycles. The SMILES string of the molecule is Cc1ncc(Cn2ncc3cc(Br)ccc32)cc1Cl. The highest BCUT2D eigenvalue weighted by molar-refractivity contribution is 9.10. The van der Waals surface area contributed by atoms with Crippen LogP contribution >= 0.6 is 27.5 Å². The molecule has 0 aliphatic carbocycles. The maximum absolute atomic E-state index is 6.09. The fraction of sp³-hybridized carbons (Fsp3) is 0.143. The van der Waals surface area contributed by atoms with Gasteiger partial charge in [0.1, 0.15) is 0 Å². The normalized spacial score (nSPS) is 11.1. The summed E-state index contributed by atoms with van der Waals surface area (Å²) in [5, 5.41) is 6.21. The predicted molar refractivity (Wildman–Crippen MR) is 80.5 cm³/mol. The van der Waals surface area contributed by atoms with Crippen LogP contribution in [-0.2, 0) is 6.54 Å². The van der Waals surface area contributed by atoms with E-state index in [4.69, 9.17) is 11.6 Å². The molecule has 2 aromatic heterocycles. The van der Waals surface area contributed by atoms with Gasteiger partial charge in [0, 0.05) is 16.1 Å². The van der Waals surface area contributed by atoms with Gasteiger partial charge in [-0.3, -0.25) is 9.67 Å². The Balaban J connectivity index is 1.98. The number of rotatable bonds is 2. The van der Waals surface area contributed by atoms with Crippen LogP contribution in [0.3, 0.4) is 0 Å². The maximum Gasteiger partial charge on any atom is 0.0687 e. The molecule has 0 N–H and O–H groups in total. The zero-order valence-corrected chi connectivity index (χ0v) is 12.6. The summed E-state index contributed by atoms with van der Waals surface area (Å²) in [5.41, 5.74) is 2.99. The number of fused-ring (bicyclic) bond motifs is 1. The van der Waals surface area contributed by atoms with Gasteiger partial charge in [-0.2, -0.15) is 5.10 Å². The summed E-state index contributed by atoms with van der Waals surface area (Å²) < 4.78 is 3.00. The molecule has 3 nitrogen and oxygen atoms in total. The number of nitrogens with zero attached hydrogens (tertiary/aromatic N) is 3. The van der Waals surface area contributed by atoms with E-state index in [1.54, 1.807) is 0 Å². The van der Waals surface area contributed by atoms with Gasteiger partial charge in [0.25, 0.3) is 0 Å². The average molecular weight is 337 g/mol. The van der Waals surface area contributed by atoms with Gasteiger partial charge in [0.15, 0.2) is 0 Å². The molecule has 5 heteroatoms. The molecule has 0 amide bonds. The second-order valence-corrected chi connectivity index (χ2v) is 5.74. The van der Waals surface area contributed by atoms with Crippen LogP contribution in [0.5, 0.6) is 0 Å². The van der Waals surface area contributed by atoms with Crippen LogP contribution in [0.15, 0.2) is 41.1 Å². The number of aryl methyl sites for hydroxylation is 1. The van der Waals surface area contributed by atoms with Crippen LogP contribution in [0, 0.1) is 6.92 Å². The molecule has 0 saturated carbocycles. The minimum atomic E-state index is 0.665. The van der Waals surface area contributed by atoms with Crippen LogP contribution in [0.4, 0.5) is 0 Å². The van der Waals surface area contributed by atoms with E-state index >= 15 is 0 Å². The van der Waals surface area contributed by atoms with Crippen molar-refractivity contribution in [2.75, 3.05) is 0 Å². The summed E-state index contributed by atoms with van der Waals surface area (Å²) in [6, 6.07) is 8.06. The highest BCUT2D eigenvalue weighted by atomic mass is 79.9. The topological polar surface area (TPSA) is 30.7 Å². The highest BCUT2D eigenvalue weighted by Crippen LogP contribution is 2.21. The van der Waals surface area contributed by atoms with Crippen molar-refractivity contribution in [3.05, 3.63) is 57.4 Å². The Bertz CT molecular complexity index is 752. The molecule has 0 aliphatic rings. The molecule has 19 heavy (non-hydrogen) atoms. The summed E-state index contributed by atoms with van der Waals surface area (Å²) in [7, 11) is 0. The third kappa shape index (κ3) is 2.51. The van der Waals surface area contributed by atoms with Gasteiger partial charge >= 0.3 is 0 Å². The molecule has 0 saturated heterocycles. The van der Waals surface area contributed by atoms with Gasteiger partial charge in [-0.25, -0.2) is 0 Å². The first-order valence-corrected chi connectivity index (χ1v) is 7.03. The van der Waals surface area contributed by atoms with E-state index in [1.807, 2.05) is 36.1 Å². The average Bonchev–Trinajstić information content (AvgIpc) is 2.76. The van der Waals surface area contributed by atoms with Gasteiger partial charge in [-0.15, -0.1) is 0 Å². The zero-order valence-electron chi connectivity index (χ0n) is 10.3. The Kier molecular flexibility index (Phi) is 3.29. The van der Waals surface area contributed by atoms with Crippen molar-refractivity contribution in [2.45, 2.75) is 13.5 Å². The lowest BCUT2D eigenvalue weighted by atomic mass is 10.2. The second kappa shape index (κ2) is 4.94. The van der Waals surface area contributed by atoms with E-state index in [9.17, 15) is 0 Å². The van der Waals surface area contributed by atoms with Crippen molar-refractivity contribution in [2.24, 2.45) is 0 Å². The fourth-order valence-corrected chi connectivity index (χ4v) is 2.56. The highest BCUT2D eigenvalue weighted by Gasteiger charge is 2.05. The van der Waals surface area contributed by atoms with Crippen molar-refractivity contribution in [3.63, 3.8) is 0 Å². The number of hydrogen-bond donors (Lipinski definition) is 0. The largest absolute Gasteiger partial charge is 0.260 e. The smallest absolute Gasteiger partial charge is 0.0687 e. The van der Waals surface area contributed by atoms with Crippen molar-refractivity contribution in [3.8, 4) is 0 Å². The first-order chi connectivity index (χ1) is 9.13. The molecular formula is C14H11BrClN3. The fourth-order valence-electron chi connectivity index (χ4n) is 1.99. The molecule has 0 atom stereocenters. The van der Waals surface area contributed by atoms with Crippen molar-refractivity contribution in [1.82, 2.24) is 14.8 Å². The van der Waals surface area contributed by atoms with Crippen LogP contribution in [0.2, 0.25) is 5.02 Å². The number of halogens is 2. The van der Waals surface area contributed by atoms with Crippen LogP contribution < -0.4 is 0 Å². The first-order valence-electron chi connectivity index (χ1n) is 5.85. The van der Waals surface area contributed by atoms with Crippen molar-refractivity contribution >= 4 is 38.4 Å². The number of pyridine rings is 1. The monoisotopic (exact) mass is 335 g/mol. The van der Waals surface area contributed by atoms with E-state index in [2.05, 4.69) is 38.1 Å². The lowest BCUT2D eigenvalue weighted by Crippen LogP contribution is -2.02. The van der Waals surface area contributed by atoms with Crippen molar-refractivity contribution in [1.29, 1.82) is 0 Å². The van der Waals surface area contributed by atoms with Crippen LogP contribution in [0.1, 0.15) is 11.3 Å². The second-order valence-electron chi connectivity index (χ2n) is 4.42. The van der Waals surface area contributed by atoms with Crippen LogP contribution in [-0.4, -0.2) is 14.8 Å². The van der Waals surface area contributed by atoms with Crippen molar-refractivity contribution < 1.29 is 0 Å². The molecule has 0 bridgehead atoms. The third-order valence-corrected chi connectivity index (χ3v) is 3.89. The van der Waals surface area contributed by atoms with E-state index in [1.165, 1.54) is 0 Å². The Labute approximate surface area is 124 Å². The summed E-state index contributed by atoms with van der Waals surface area (Å²) in [4.78, 5) is 4.27.